The molecule has 0 aliphatic carbocycles. The molecule has 0 unspecified atom stereocenters. The Morgan fingerprint density at radius 1 is 1.13 bits per heavy atom. The van der Waals surface area contributed by atoms with Crippen molar-refractivity contribution in [3.8, 4) is 0 Å². The maximum Gasteiger partial charge on any atom is 0.0441 e. The Bertz CT molecular complexity index is 501. The fourth-order valence-electron chi connectivity index (χ4n) is 1.83. The predicted molar refractivity (Wildman–Crippen MR) is 67.4 cm³/mol. The van der Waals surface area contributed by atoms with E-state index in [4.69, 9.17) is 5.73 Å². The quantitative estimate of drug-likeness (QED) is 0.717. The summed E-state index contributed by atoms with van der Waals surface area (Å²) in [5.74, 6) is 0. The van der Waals surface area contributed by atoms with Crippen LogP contribution in [0.25, 0.3) is 10.8 Å². The van der Waals surface area contributed by atoms with Gasteiger partial charge in [0, 0.05) is 30.9 Å². The molecule has 0 saturated heterocycles. The molecule has 0 bridgehead atoms. The van der Waals surface area contributed by atoms with Gasteiger partial charge < -0.3 is 10.6 Å². The first kappa shape index (κ1) is 9.84. The molecule has 0 aliphatic rings. The first-order chi connectivity index (χ1) is 7.09. The highest BCUT2D eigenvalue weighted by Crippen LogP contribution is 2.29. The fraction of sp³-hybridized carbons (Fsp3) is 0.231. The fourth-order valence-corrected chi connectivity index (χ4v) is 1.83. The van der Waals surface area contributed by atoms with Gasteiger partial charge in [-0.05, 0) is 36.1 Å². The van der Waals surface area contributed by atoms with Gasteiger partial charge in [0.15, 0.2) is 0 Å². The highest BCUT2D eigenvalue weighted by Gasteiger charge is 2.04. The molecular formula is C13H16N2. The number of anilines is 2. The largest absolute Gasteiger partial charge is 0.398 e. The summed E-state index contributed by atoms with van der Waals surface area (Å²) >= 11 is 0. The van der Waals surface area contributed by atoms with Gasteiger partial charge in [-0.3, -0.25) is 0 Å². The molecule has 0 aliphatic heterocycles. The van der Waals surface area contributed by atoms with Crippen molar-refractivity contribution in [1.82, 2.24) is 0 Å². The number of fused-ring (bicyclic) bond motifs is 1. The summed E-state index contributed by atoms with van der Waals surface area (Å²) in [6.45, 7) is 2.04. The highest BCUT2D eigenvalue weighted by atomic mass is 15.1. The number of hydrogen-bond donors (Lipinski definition) is 1. The van der Waals surface area contributed by atoms with Gasteiger partial charge in [-0.1, -0.05) is 12.1 Å². The van der Waals surface area contributed by atoms with E-state index >= 15 is 0 Å². The van der Waals surface area contributed by atoms with Crippen molar-refractivity contribution >= 4 is 22.1 Å². The zero-order chi connectivity index (χ0) is 11.0. The second-order valence-corrected chi connectivity index (χ2v) is 4.10. The van der Waals surface area contributed by atoms with Crippen molar-refractivity contribution in [2.45, 2.75) is 6.92 Å². The molecule has 0 radical (unpaired) electrons. The third kappa shape index (κ3) is 1.63. The van der Waals surface area contributed by atoms with E-state index < -0.39 is 0 Å². The number of aryl methyl sites for hydroxylation is 1. The molecular weight excluding hydrogens is 184 g/mol. The lowest BCUT2D eigenvalue weighted by Gasteiger charge is -2.16. The molecule has 2 rings (SSSR count). The Labute approximate surface area is 90.3 Å². The van der Waals surface area contributed by atoms with Crippen LogP contribution in [0.3, 0.4) is 0 Å². The van der Waals surface area contributed by atoms with E-state index in [2.05, 4.69) is 35.2 Å². The predicted octanol–water partition coefficient (Wildman–Crippen LogP) is 2.80. The minimum absolute atomic E-state index is 0.858. The van der Waals surface area contributed by atoms with Crippen LogP contribution in [0.2, 0.25) is 0 Å². The van der Waals surface area contributed by atoms with Gasteiger partial charge >= 0.3 is 0 Å². The molecule has 2 N–H and O–H groups in total. The van der Waals surface area contributed by atoms with E-state index in [0.717, 1.165) is 11.3 Å². The van der Waals surface area contributed by atoms with Crippen LogP contribution in [-0.2, 0) is 0 Å². The van der Waals surface area contributed by atoms with Crippen LogP contribution >= 0.6 is 0 Å². The van der Waals surface area contributed by atoms with Gasteiger partial charge in [-0.25, -0.2) is 0 Å². The molecule has 2 heteroatoms. The van der Waals surface area contributed by atoms with Gasteiger partial charge in [-0.15, -0.1) is 0 Å². The Balaban J connectivity index is 2.80. The van der Waals surface area contributed by atoms with Crippen LogP contribution in [0.15, 0.2) is 30.3 Å². The van der Waals surface area contributed by atoms with Crippen LogP contribution in [-0.4, -0.2) is 14.1 Å². The summed E-state index contributed by atoms with van der Waals surface area (Å²) < 4.78 is 0. The van der Waals surface area contributed by atoms with E-state index in [1.807, 2.05) is 21.0 Å². The number of benzene rings is 2. The van der Waals surface area contributed by atoms with Crippen LogP contribution in [0.1, 0.15) is 5.56 Å². The van der Waals surface area contributed by atoms with Crippen LogP contribution in [0.5, 0.6) is 0 Å². The Morgan fingerprint density at radius 2 is 1.87 bits per heavy atom. The molecule has 0 fully saturated rings. The summed E-state index contributed by atoms with van der Waals surface area (Å²) in [5, 5.41) is 2.46. The molecule has 2 aromatic rings. The monoisotopic (exact) mass is 200 g/mol. The van der Waals surface area contributed by atoms with E-state index in [1.54, 1.807) is 0 Å². The maximum atomic E-state index is 5.94. The Kier molecular flexibility index (Phi) is 2.27. The van der Waals surface area contributed by atoms with Crippen molar-refractivity contribution in [1.29, 1.82) is 0 Å². The van der Waals surface area contributed by atoms with E-state index in [9.17, 15) is 0 Å². The first-order valence-electron chi connectivity index (χ1n) is 5.06. The molecule has 0 heterocycles. The Morgan fingerprint density at radius 3 is 2.53 bits per heavy atom. The third-order valence-corrected chi connectivity index (χ3v) is 2.73. The van der Waals surface area contributed by atoms with Gasteiger partial charge in [0.2, 0.25) is 0 Å². The van der Waals surface area contributed by atoms with Crippen LogP contribution < -0.4 is 10.6 Å². The Hall–Kier alpha value is -1.70. The second-order valence-electron chi connectivity index (χ2n) is 4.10. The minimum atomic E-state index is 0.858. The summed E-state index contributed by atoms with van der Waals surface area (Å²) in [4.78, 5) is 2.11. The smallest absolute Gasteiger partial charge is 0.0441 e. The van der Waals surface area contributed by atoms with Gasteiger partial charge in [0.1, 0.15) is 0 Å². The van der Waals surface area contributed by atoms with Gasteiger partial charge in [0.25, 0.3) is 0 Å². The minimum Gasteiger partial charge on any atom is -0.398 e. The van der Waals surface area contributed by atoms with Gasteiger partial charge in [-0.2, -0.15) is 0 Å². The molecule has 2 nitrogen and oxygen atoms in total. The van der Waals surface area contributed by atoms with Crippen molar-refractivity contribution in [3.05, 3.63) is 35.9 Å². The molecule has 0 atom stereocenters. The molecule has 15 heavy (non-hydrogen) atoms. The normalized spacial score (nSPS) is 10.6. The lowest BCUT2D eigenvalue weighted by atomic mass is 10.0. The summed E-state index contributed by atoms with van der Waals surface area (Å²) in [6, 6.07) is 10.5. The number of nitrogens with zero attached hydrogens (tertiary/aromatic N) is 1. The number of hydrogen-bond acceptors (Lipinski definition) is 2. The SMILES string of the molecule is Cc1cc2cccc(N(C)C)c2cc1N. The van der Waals surface area contributed by atoms with Crippen LogP contribution in [0.4, 0.5) is 11.4 Å². The molecule has 0 aromatic heterocycles. The second kappa shape index (κ2) is 3.46. The summed E-state index contributed by atoms with van der Waals surface area (Å²) in [6.07, 6.45) is 0. The lowest BCUT2D eigenvalue weighted by molar-refractivity contribution is 1.14. The summed E-state index contributed by atoms with van der Waals surface area (Å²) in [7, 11) is 4.09. The third-order valence-electron chi connectivity index (χ3n) is 2.73. The highest BCUT2D eigenvalue weighted by molar-refractivity contribution is 5.96. The zero-order valence-corrected chi connectivity index (χ0v) is 9.41. The van der Waals surface area contributed by atoms with Crippen molar-refractivity contribution in [2.24, 2.45) is 0 Å². The van der Waals surface area contributed by atoms with E-state index in [0.29, 0.717) is 0 Å². The average Bonchev–Trinajstić information content (AvgIpc) is 2.18. The standard InChI is InChI=1S/C13H16N2/c1-9-7-10-5-4-6-13(15(2)3)11(10)8-12(9)14/h4-8H,14H2,1-3H3. The average molecular weight is 200 g/mol. The van der Waals surface area contributed by atoms with Gasteiger partial charge in [0.05, 0.1) is 0 Å². The molecule has 78 valence electrons. The topological polar surface area (TPSA) is 29.3 Å². The maximum absolute atomic E-state index is 5.94. The van der Waals surface area contributed by atoms with Crippen molar-refractivity contribution in [3.63, 3.8) is 0 Å². The summed E-state index contributed by atoms with van der Waals surface area (Å²) in [5.41, 5.74) is 9.14. The molecule has 0 saturated carbocycles. The first-order valence-corrected chi connectivity index (χ1v) is 5.06. The molecule has 2 aromatic carbocycles. The molecule has 0 amide bonds. The van der Waals surface area contributed by atoms with E-state index in [1.165, 1.54) is 16.5 Å². The number of nitrogens with two attached hydrogens (primary N) is 1. The van der Waals surface area contributed by atoms with Crippen molar-refractivity contribution in [2.75, 3.05) is 24.7 Å². The van der Waals surface area contributed by atoms with Crippen molar-refractivity contribution < 1.29 is 0 Å². The number of nitrogen functional groups attached to an aromatic ring is 1. The lowest BCUT2D eigenvalue weighted by Crippen LogP contribution is -2.09. The number of rotatable bonds is 1. The van der Waals surface area contributed by atoms with E-state index in [-0.39, 0.29) is 0 Å². The zero-order valence-electron chi connectivity index (χ0n) is 9.41. The van der Waals surface area contributed by atoms with Crippen LogP contribution in [0, 0.1) is 6.92 Å². The molecule has 0 spiro atoms.